The van der Waals surface area contributed by atoms with Crippen LogP contribution in [0.5, 0.6) is 5.75 Å². The zero-order valence-electron chi connectivity index (χ0n) is 10.3. The quantitative estimate of drug-likeness (QED) is 0.358. The molecule has 1 aromatic rings. The van der Waals surface area contributed by atoms with Gasteiger partial charge in [-0.2, -0.15) is 0 Å². The third-order valence-electron chi connectivity index (χ3n) is 1.97. The fourth-order valence-electron chi connectivity index (χ4n) is 1.33. The second-order valence-corrected chi connectivity index (χ2v) is 9.14. The molecule has 0 aliphatic heterocycles. The van der Waals surface area contributed by atoms with Crippen molar-refractivity contribution in [1.29, 1.82) is 0 Å². The molecule has 5 nitrogen and oxygen atoms in total. The Labute approximate surface area is 101 Å². The molecule has 0 amide bonds. The van der Waals surface area contributed by atoms with E-state index in [0.717, 1.165) is 0 Å². The van der Waals surface area contributed by atoms with Crippen molar-refractivity contribution in [2.75, 3.05) is 0 Å². The van der Waals surface area contributed by atoms with E-state index in [4.69, 9.17) is 4.43 Å². The van der Waals surface area contributed by atoms with E-state index in [0.29, 0.717) is 11.3 Å². The second kappa shape index (κ2) is 4.66. The summed E-state index contributed by atoms with van der Waals surface area (Å²) in [7, 11) is -1.91. The Bertz CT molecular complexity index is 465. The van der Waals surface area contributed by atoms with Crippen LogP contribution in [-0.2, 0) is 0 Å². The molecule has 1 aromatic carbocycles. The summed E-state index contributed by atoms with van der Waals surface area (Å²) in [6, 6.07) is 4.07. The molecule has 0 radical (unpaired) electrons. The van der Waals surface area contributed by atoms with E-state index in [9.17, 15) is 14.9 Å². The fraction of sp³-hybridized carbons (Fsp3) is 0.364. The highest BCUT2D eigenvalue weighted by Gasteiger charge is 2.21. The number of non-ortho nitro benzene ring substituents is 1. The summed E-state index contributed by atoms with van der Waals surface area (Å²) in [6.45, 7) is 7.28. The number of rotatable bonds is 4. The lowest BCUT2D eigenvalue weighted by Gasteiger charge is -2.20. The molecule has 0 fully saturated rings. The molecular weight excluding hydrogens is 238 g/mol. The first-order valence-electron chi connectivity index (χ1n) is 5.19. The van der Waals surface area contributed by atoms with Gasteiger partial charge in [0.1, 0.15) is 5.75 Å². The minimum Gasteiger partial charge on any atom is -0.544 e. The molecule has 0 spiro atoms. The average Bonchev–Trinajstić information content (AvgIpc) is 2.14. The van der Waals surface area contributed by atoms with E-state index < -0.39 is 13.2 Å². The van der Waals surface area contributed by atoms with Gasteiger partial charge in [0.25, 0.3) is 5.69 Å². The molecule has 0 saturated heterocycles. The number of hydrogen-bond acceptors (Lipinski definition) is 4. The Morgan fingerprint density at radius 2 is 1.94 bits per heavy atom. The zero-order valence-corrected chi connectivity index (χ0v) is 11.3. The number of ketones is 1. The van der Waals surface area contributed by atoms with Gasteiger partial charge in [-0.15, -0.1) is 0 Å². The number of carbonyl (C=O) groups excluding carboxylic acids is 1. The molecule has 0 aliphatic carbocycles. The van der Waals surface area contributed by atoms with E-state index >= 15 is 0 Å². The topological polar surface area (TPSA) is 69.4 Å². The number of Topliss-reactive ketones (excluding diaryl/α,β-unsaturated/α-hetero) is 1. The molecule has 92 valence electrons. The number of hydrogen-bond donors (Lipinski definition) is 0. The summed E-state index contributed by atoms with van der Waals surface area (Å²) in [5, 5.41) is 10.7. The Morgan fingerprint density at radius 1 is 1.35 bits per heavy atom. The van der Waals surface area contributed by atoms with Gasteiger partial charge in [0, 0.05) is 6.07 Å². The predicted molar refractivity (Wildman–Crippen MR) is 67.1 cm³/mol. The minimum absolute atomic E-state index is 0.0664. The Kier molecular flexibility index (Phi) is 3.67. The minimum atomic E-state index is -1.91. The van der Waals surface area contributed by atoms with Crippen molar-refractivity contribution >= 4 is 19.8 Å². The van der Waals surface area contributed by atoms with E-state index in [2.05, 4.69) is 0 Å². The number of nitrogens with zero attached hydrogens (tertiary/aromatic N) is 1. The zero-order chi connectivity index (χ0) is 13.2. The van der Waals surface area contributed by atoms with Crippen LogP contribution in [0.1, 0.15) is 17.3 Å². The van der Waals surface area contributed by atoms with Crippen LogP contribution >= 0.6 is 0 Å². The summed E-state index contributed by atoms with van der Waals surface area (Å²) >= 11 is 0. The standard InChI is InChI=1S/C11H15NO4Si/c1-8(13)10-6-5-9(12(14)15)7-11(10)16-17(2,3)4/h5-7H,1-4H3. The van der Waals surface area contributed by atoms with Crippen molar-refractivity contribution in [1.82, 2.24) is 0 Å². The van der Waals surface area contributed by atoms with Gasteiger partial charge in [0.2, 0.25) is 8.32 Å². The molecule has 1 rings (SSSR count). The van der Waals surface area contributed by atoms with Gasteiger partial charge in [0.05, 0.1) is 16.6 Å². The maximum absolute atomic E-state index is 11.4. The van der Waals surface area contributed by atoms with Crippen molar-refractivity contribution in [2.45, 2.75) is 26.6 Å². The molecule has 0 unspecified atom stereocenters. The fourth-order valence-corrected chi connectivity index (χ4v) is 2.16. The predicted octanol–water partition coefficient (Wildman–Crippen LogP) is 3.01. The summed E-state index contributed by atoms with van der Waals surface area (Å²) in [6.07, 6.45) is 0. The lowest BCUT2D eigenvalue weighted by molar-refractivity contribution is -0.384. The van der Waals surface area contributed by atoms with Gasteiger partial charge in [-0.3, -0.25) is 14.9 Å². The summed E-state index contributed by atoms with van der Waals surface area (Å²) in [4.78, 5) is 21.6. The molecule has 0 N–H and O–H groups in total. The lowest BCUT2D eigenvalue weighted by Crippen LogP contribution is -2.30. The van der Waals surface area contributed by atoms with Crippen molar-refractivity contribution < 1.29 is 14.1 Å². The maximum Gasteiger partial charge on any atom is 0.273 e. The third kappa shape index (κ3) is 3.67. The van der Waals surface area contributed by atoms with E-state index in [1.165, 1.54) is 25.1 Å². The highest BCUT2D eigenvalue weighted by molar-refractivity contribution is 6.70. The first kappa shape index (κ1) is 13.4. The van der Waals surface area contributed by atoms with E-state index in [-0.39, 0.29) is 11.5 Å². The molecule has 0 saturated carbocycles. The van der Waals surface area contributed by atoms with Crippen LogP contribution in [0, 0.1) is 10.1 Å². The van der Waals surface area contributed by atoms with Gasteiger partial charge in [-0.05, 0) is 32.6 Å². The first-order chi connectivity index (χ1) is 7.70. The van der Waals surface area contributed by atoms with Gasteiger partial charge < -0.3 is 4.43 Å². The molecular formula is C11H15NO4Si. The van der Waals surface area contributed by atoms with E-state index in [1.54, 1.807) is 0 Å². The average molecular weight is 253 g/mol. The summed E-state index contributed by atoms with van der Waals surface area (Å²) in [5.74, 6) is 0.152. The van der Waals surface area contributed by atoms with Crippen LogP contribution in [-0.4, -0.2) is 19.0 Å². The molecule has 0 aliphatic rings. The molecule has 0 bridgehead atoms. The smallest absolute Gasteiger partial charge is 0.273 e. The van der Waals surface area contributed by atoms with Crippen LogP contribution in [0.15, 0.2) is 18.2 Å². The van der Waals surface area contributed by atoms with Crippen LogP contribution in [0.4, 0.5) is 5.69 Å². The van der Waals surface area contributed by atoms with Crippen molar-refractivity contribution in [3.05, 3.63) is 33.9 Å². The molecule has 0 aromatic heterocycles. The largest absolute Gasteiger partial charge is 0.544 e. The van der Waals surface area contributed by atoms with E-state index in [1.807, 2.05) is 19.6 Å². The van der Waals surface area contributed by atoms with Crippen molar-refractivity contribution in [3.63, 3.8) is 0 Å². The monoisotopic (exact) mass is 253 g/mol. The van der Waals surface area contributed by atoms with Gasteiger partial charge in [-0.1, -0.05) is 0 Å². The number of carbonyl (C=O) groups is 1. The summed E-state index contributed by atoms with van der Waals surface area (Å²) in [5.41, 5.74) is 0.321. The van der Waals surface area contributed by atoms with Gasteiger partial charge in [-0.25, -0.2) is 0 Å². The molecule has 17 heavy (non-hydrogen) atoms. The second-order valence-electron chi connectivity index (χ2n) is 4.71. The lowest BCUT2D eigenvalue weighted by atomic mass is 10.1. The third-order valence-corrected chi connectivity index (χ3v) is 2.80. The summed E-state index contributed by atoms with van der Waals surface area (Å²) < 4.78 is 5.70. The highest BCUT2D eigenvalue weighted by Crippen LogP contribution is 2.27. The molecule has 0 heterocycles. The molecule has 0 atom stereocenters. The Balaban J connectivity index is 3.25. The van der Waals surface area contributed by atoms with Crippen LogP contribution in [0.3, 0.4) is 0 Å². The maximum atomic E-state index is 11.4. The van der Waals surface area contributed by atoms with Gasteiger partial charge >= 0.3 is 0 Å². The first-order valence-corrected chi connectivity index (χ1v) is 8.60. The number of nitro groups is 1. The number of benzene rings is 1. The molecule has 6 heteroatoms. The number of nitro benzene ring substituents is 1. The van der Waals surface area contributed by atoms with Gasteiger partial charge in [0.15, 0.2) is 5.78 Å². The Hall–Kier alpha value is -1.69. The highest BCUT2D eigenvalue weighted by atomic mass is 28.4. The normalized spacial score (nSPS) is 11.1. The SMILES string of the molecule is CC(=O)c1ccc([N+](=O)[O-])cc1O[Si](C)(C)C. The van der Waals surface area contributed by atoms with Crippen molar-refractivity contribution in [2.24, 2.45) is 0 Å². The van der Waals surface area contributed by atoms with Crippen LogP contribution in [0.25, 0.3) is 0 Å². The van der Waals surface area contributed by atoms with Crippen molar-refractivity contribution in [3.8, 4) is 5.75 Å². The Morgan fingerprint density at radius 3 is 2.35 bits per heavy atom. The van der Waals surface area contributed by atoms with Crippen LogP contribution < -0.4 is 4.43 Å². The van der Waals surface area contributed by atoms with Crippen LogP contribution in [0.2, 0.25) is 19.6 Å².